The van der Waals surface area contributed by atoms with E-state index in [1.807, 2.05) is 0 Å². The molecule has 2 aromatic carbocycles. The number of methoxy groups -OCH3 is 2. The summed E-state index contributed by atoms with van der Waals surface area (Å²) in [6, 6.07) is 14.8. The van der Waals surface area contributed by atoms with Crippen molar-refractivity contribution in [2.24, 2.45) is 5.92 Å². The summed E-state index contributed by atoms with van der Waals surface area (Å²) >= 11 is 0. The van der Waals surface area contributed by atoms with Gasteiger partial charge in [0.05, 0.1) is 50.4 Å². The smallest absolute Gasteiger partial charge is 0.142 e. The lowest BCUT2D eigenvalue weighted by Crippen LogP contribution is -2.36. The Morgan fingerprint density at radius 2 is 1.82 bits per heavy atom. The van der Waals surface area contributed by atoms with Crippen LogP contribution in [0.4, 0.5) is 5.69 Å². The summed E-state index contributed by atoms with van der Waals surface area (Å²) in [5, 5.41) is 11.0. The van der Waals surface area contributed by atoms with E-state index in [-0.39, 0.29) is 18.1 Å². The van der Waals surface area contributed by atoms with Gasteiger partial charge >= 0.3 is 0 Å². The summed E-state index contributed by atoms with van der Waals surface area (Å²) < 4.78 is 29.0. The van der Waals surface area contributed by atoms with Crippen molar-refractivity contribution in [3.8, 4) is 5.75 Å². The van der Waals surface area contributed by atoms with Gasteiger partial charge in [-0.15, -0.1) is 0 Å². The second kappa shape index (κ2) is 15.0. The molecule has 7 nitrogen and oxygen atoms in total. The average molecular weight is 542 g/mol. The first-order valence-corrected chi connectivity index (χ1v) is 14.5. The van der Waals surface area contributed by atoms with E-state index in [4.69, 9.17) is 23.7 Å². The van der Waals surface area contributed by atoms with Crippen LogP contribution in [0.25, 0.3) is 0 Å². The Labute approximate surface area is 234 Å². The first-order valence-electron chi connectivity index (χ1n) is 14.5. The monoisotopic (exact) mass is 541 g/mol. The molecule has 0 unspecified atom stereocenters. The summed E-state index contributed by atoms with van der Waals surface area (Å²) in [5.41, 5.74) is 4.51. The average Bonchev–Trinajstić information content (AvgIpc) is 2.96. The van der Waals surface area contributed by atoms with Crippen molar-refractivity contribution in [1.82, 2.24) is 0 Å². The van der Waals surface area contributed by atoms with E-state index >= 15 is 0 Å². The molecule has 1 saturated carbocycles. The topological polar surface area (TPSA) is 69.6 Å². The Kier molecular flexibility index (Phi) is 11.5. The fraction of sp³-hybridized carbons (Fsp3) is 0.625. The number of aliphatic hydroxyl groups is 1. The fourth-order valence-electron chi connectivity index (χ4n) is 5.57. The number of anilines is 1. The second-order valence-corrected chi connectivity index (χ2v) is 11.0. The van der Waals surface area contributed by atoms with Crippen LogP contribution in [-0.2, 0) is 32.2 Å². The zero-order valence-corrected chi connectivity index (χ0v) is 24.1. The zero-order valence-electron chi connectivity index (χ0n) is 24.1. The third-order valence-electron chi connectivity index (χ3n) is 8.21. The molecule has 0 amide bonds. The van der Waals surface area contributed by atoms with Gasteiger partial charge in [0.15, 0.2) is 0 Å². The molecule has 2 aliphatic rings. The Hall–Kier alpha value is -2.16. The van der Waals surface area contributed by atoms with E-state index < -0.39 is 6.10 Å². The van der Waals surface area contributed by atoms with Crippen LogP contribution in [0.3, 0.4) is 0 Å². The molecule has 0 aromatic heterocycles. The van der Waals surface area contributed by atoms with E-state index in [0.717, 1.165) is 73.5 Å². The molecule has 0 spiro atoms. The Balaban J connectivity index is 1.36. The third kappa shape index (κ3) is 8.18. The molecular weight excluding hydrogens is 494 g/mol. The quantitative estimate of drug-likeness (QED) is 0.325. The molecule has 0 bridgehead atoms. The molecule has 1 aliphatic carbocycles. The largest absolute Gasteiger partial charge is 0.490 e. The van der Waals surface area contributed by atoms with E-state index in [2.05, 4.69) is 61.2 Å². The number of fused-ring (bicyclic) bond motifs is 1. The molecule has 1 heterocycles. The van der Waals surface area contributed by atoms with Gasteiger partial charge in [-0.3, -0.25) is 0 Å². The molecule has 1 N–H and O–H groups in total. The lowest BCUT2D eigenvalue weighted by molar-refractivity contribution is -0.0426. The fourth-order valence-corrected chi connectivity index (χ4v) is 5.57. The molecule has 0 radical (unpaired) electrons. The van der Waals surface area contributed by atoms with Crippen LogP contribution in [0, 0.1) is 5.92 Å². The predicted molar refractivity (Wildman–Crippen MR) is 154 cm³/mol. The van der Waals surface area contributed by atoms with E-state index in [9.17, 15) is 5.11 Å². The van der Waals surface area contributed by atoms with Crippen LogP contribution >= 0.6 is 0 Å². The Bertz CT molecular complexity index is 999. The number of rotatable bonds is 14. The number of nitrogens with zero attached hydrogens (tertiary/aromatic N) is 1. The SMILES string of the molecule is COCCCN1CCOc2ccc(CO[C@H]3CCC[C@@H](O)[C@@H]3c3ccc(COC[C@@H](C)[C@H](C)OC)cc3)cc21. The van der Waals surface area contributed by atoms with Crippen LogP contribution < -0.4 is 9.64 Å². The van der Waals surface area contributed by atoms with Gasteiger partial charge in [0, 0.05) is 39.2 Å². The molecule has 216 valence electrons. The Morgan fingerprint density at radius 3 is 2.59 bits per heavy atom. The van der Waals surface area contributed by atoms with Crippen molar-refractivity contribution in [2.75, 3.05) is 52.0 Å². The van der Waals surface area contributed by atoms with E-state index in [1.165, 1.54) is 0 Å². The first-order chi connectivity index (χ1) is 19.0. The number of benzene rings is 2. The van der Waals surface area contributed by atoms with Gasteiger partial charge in [0.25, 0.3) is 0 Å². The van der Waals surface area contributed by atoms with Crippen LogP contribution in [0.1, 0.15) is 62.1 Å². The Morgan fingerprint density at radius 1 is 1.03 bits per heavy atom. The molecule has 4 rings (SSSR count). The predicted octanol–water partition coefficient (Wildman–Crippen LogP) is 5.32. The van der Waals surface area contributed by atoms with Crippen molar-refractivity contribution < 1.29 is 28.8 Å². The molecule has 39 heavy (non-hydrogen) atoms. The molecular formula is C32H47NO6. The number of hydrogen-bond donors (Lipinski definition) is 1. The molecule has 0 saturated heterocycles. The number of aliphatic hydroxyl groups excluding tert-OH is 1. The lowest BCUT2D eigenvalue weighted by Gasteiger charge is -2.36. The van der Waals surface area contributed by atoms with Gasteiger partial charge < -0.3 is 33.7 Å². The summed E-state index contributed by atoms with van der Waals surface area (Å²) in [6.07, 6.45) is 3.43. The van der Waals surface area contributed by atoms with Gasteiger partial charge in [-0.1, -0.05) is 37.3 Å². The normalized spacial score (nSPS) is 22.7. The highest BCUT2D eigenvalue weighted by Gasteiger charge is 2.34. The maximum absolute atomic E-state index is 11.0. The van der Waals surface area contributed by atoms with Crippen LogP contribution in [0.5, 0.6) is 5.75 Å². The lowest BCUT2D eigenvalue weighted by atomic mass is 9.79. The van der Waals surface area contributed by atoms with Crippen molar-refractivity contribution in [2.45, 2.75) is 77.0 Å². The molecule has 1 aliphatic heterocycles. The van der Waals surface area contributed by atoms with Gasteiger partial charge in [-0.2, -0.15) is 0 Å². The molecule has 1 fully saturated rings. The van der Waals surface area contributed by atoms with Gasteiger partial charge in [-0.25, -0.2) is 0 Å². The van der Waals surface area contributed by atoms with Crippen molar-refractivity contribution in [3.05, 3.63) is 59.2 Å². The third-order valence-corrected chi connectivity index (χ3v) is 8.21. The number of hydrogen-bond acceptors (Lipinski definition) is 7. The highest BCUT2D eigenvalue weighted by atomic mass is 16.5. The van der Waals surface area contributed by atoms with Crippen molar-refractivity contribution in [1.29, 1.82) is 0 Å². The highest BCUT2D eigenvalue weighted by Crippen LogP contribution is 2.37. The minimum atomic E-state index is -0.407. The van der Waals surface area contributed by atoms with E-state index in [0.29, 0.717) is 32.3 Å². The summed E-state index contributed by atoms with van der Waals surface area (Å²) in [7, 11) is 3.48. The van der Waals surface area contributed by atoms with Gasteiger partial charge in [0.2, 0.25) is 0 Å². The van der Waals surface area contributed by atoms with Gasteiger partial charge in [0.1, 0.15) is 12.4 Å². The summed E-state index contributed by atoms with van der Waals surface area (Å²) in [6.45, 7) is 9.22. The van der Waals surface area contributed by atoms with Crippen molar-refractivity contribution >= 4 is 5.69 Å². The molecule has 2 aromatic rings. The number of ether oxygens (including phenoxy) is 5. The van der Waals surface area contributed by atoms with Crippen LogP contribution in [0.2, 0.25) is 0 Å². The maximum atomic E-state index is 11.0. The van der Waals surface area contributed by atoms with Gasteiger partial charge in [-0.05, 0) is 61.4 Å². The van der Waals surface area contributed by atoms with E-state index in [1.54, 1.807) is 14.2 Å². The summed E-state index contributed by atoms with van der Waals surface area (Å²) in [5.74, 6) is 1.23. The summed E-state index contributed by atoms with van der Waals surface area (Å²) in [4.78, 5) is 2.37. The highest BCUT2D eigenvalue weighted by molar-refractivity contribution is 5.61. The zero-order chi connectivity index (χ0) is 27.6. The first kappa shape index (κ1) is 29.8. The van der Waals surface area contributed by atoms with Crippen molar-refractivity contribution in [3.63, 3.8) is 0 Å². The maximum Gasteiger partial charge on any atom is 0.142 e. The molecule has 5 atom stereocenters. The minimum absolute atomic E-state index is 0.0303. The second-order valence-electron chi connectivity index (χ2n) is 11.0. The van der Waals surface area contributed by atoms with Crippen LogP contribution in [0.15, 0.2) is 42.5 Å². The minimum Gasteiger partial charge on any atom is -0.490 e. The molecule has 7 heteroatoms. The standard InChI is InChI=1S/C32H47NO6/c1-23(24(2)36-4)20-37-21-25-9-12-27(13-10-25)32-29(34)7-5-8-31(32)39-22-26-11-14-30-28(19-26)33(16-18-38-30)15-6-17-35-3/h9-14,19,23-24,29,31-32,34H,5-8,15-18,20-22H2,1-4H3/t23-,24+,29-,31+,32+/m1/s1. The van der Waals surface area contributed by atoms with Crippen LogP contribution in [-0.4, -0.2) is 70.5 Å².